The third kappa shape index (κ3) is 2.53. The molecular weight excluding hydrogens is 244 g/mol. The number of hydrogen-bond acceptors (Lipinski definition) is 2. The molecule has 1 aliphatic rings. The molecule has 2 aromatic carbocycles. The van der Waals surface area contributed by atoms with Crippen LogP contribution in [0.4, 0.5) is 5.69 Å². The van der Waals surface area contributed by atoms with Gasteiger partial charge in [0.25, 0.3) is 0 Å². The van der Waals surface area contributed by atoms with Crippen LogP contribution in [0.15, 0.2) is 36.4 Å². The van der Waals surface area contributed by atoms with Crippen LogP contribution in [0.1, 0.15) is 32.3 Å². The summed E-state index contributed by atoms with van der Waals surface area (Å²) in [5.41, 5.74) is 8.45. The van der Waals surface area contributed by atoms with Crippen LogP contribution in [0, 0.1) is 5.92 Å². The summed E-state index contributed by atoms with van der Waals surface area (Å²) >= 11 is 0. The van der Waals surface area contributed by atoms with Crippen molar-refractivity contribution in [1.82, 2.24) is 4.90 Å². The molecular formula is C18H24N2. The van der Waals surface area contributed by atoms with Gasteiger partial charge < -0.3 is 5.73 Å². The second-order valence-corrected chi connectivity index (χ2v) is 6.23. The highest BCUT2D eigenvalue weighted by Crippen LogP contribution is 2.28. The van der Waals surface area contributed by atoms with Crippen molar-refractivity contribution in [1.29, 1.82) is 0 Å². The van der Waals surface area contributed by atoms with Gasteiger partial charge in [0.05, 0.1) is 0 Å². The third-order valence-electron chi connectivity index (χ3n) is 4.89. The minimum atomic E-state index is 0.648. The zero-order valence-electron chi connectivity index (χ0n) is 12.5. The monoisotopic (exact) mass is 268 g/mol. The van der Waals surface area contributed by atoms with E-state index >= 15 is 0 Å². The number of nitrogens with zero attached hydrogens (tertiary/aromatic N) is 1. The second-order valence-electron chi connectivity index (χ2n) is 6.23. The Bertz CT molecular complexity index is 605. The first kappa shape index (κ1) is 13.4. The topological polar surface area (TPSA) is 29.3 Å². The number of benzene rings is 2. The SMILES string of the molecule is CC1CCCN(Cc2cc3ccccc3cc2N)C1C. The molecule has 2 N–H and O–H groups in total. The van der Waals surface area contributed by atoms with Gasteiger partial charge in [-0.3, -0.25) is 4.90 Å². The molecule has 20 heavy (non-hydrogen) atoms. The van der Waals surface area contributed by atoms with E-state index in [0.29, 0.717) is 6.04 Å². The van der Waals surface area contributed by atoms with Gasteiger partial charge in [0.15, 0.2) is 0 Å². The average molecular weight is 268 g/mol. The molecule has 0 spiro atoms. The molecule has 3 rings (SSSR count). The fourth-order valence-electron chi connectivity index (χ4n) is 3.30. The smallest absolute Gasteiger partial charge is 0.0366 e. The van der Waals surface area contributed by atoms with Crippen molar-refractivity contribution in [3.8, 4) is 0 Å². The second kappa shape index (κ2) is 5.45. The molecule has 1 fully saturated rings. The maximum absolute atomic E-state index is 6.26. The lowest BCUT2D eigenvalue weighted by Crippen LogP contribution is -2.41. The van der Waals surface area contributed by atoms with E-state index in [4.69, 9.17) is 5.73 Å². The van der Waals surface area contributed by atoms with Crippen LogP contribution in [0.5, 0.6) is 0 Å². The Labute approximate surface area is 121 Å². The Kier molecular flexibility index (Phi) is 3.66. The molecule has 2 aromatic rings. The van der Waals surface area contributed by atoms with Gasteiger partial charge in [-0.25, -0.2) is 0 Å². The van der Waals surface area contributed by atoms with Crippen molar-refractivity contribution < 1.29 is 0 Å². The maximum Gasteiger partial charge on any atom is 0.0366 e. The van der Waals surface area contributed by atoms with E-state index in [1.807, 2.05) is 0 Å². The van der Waals surface area contributed by atoms with Gasteiger partial charge in [0.1, 0.15) is 0 Å². The van der Waals surface area contributed by atoms with Crippen LogP contribution >= 0.6 is 0 Å². The van der Waals surface area contributed by atoms with Crippen LogP contribution in [-0.2, 0) is 6.54 Å². The quantitative estimate of drug-likeness (QED) is 0.833. The molecule has 0 radical (unpaired) electrons. The number of nitrogens with two attached hydrogens (primary N) is 1. The lowest BCUT2D eigenvalue weighted by atomic mass is 9.91. The maximum atomic E-state index is 6.26. The fraction of sp³-hybridized carbons (Fsp3) is 0.444. The minimum absolute atomic E-state index is 0.648. The van der Waals surface area contributed by atoms with Crippen molar-refractivity contribution in [3.05, 3.63) is 42.0 Å². The summed E-state index contributed by atoms with van der Waals surface area (Å²) in [6.07, 6.45) is 2.66. The molecule has 2 heteroatoms. The number of piperidine rings is 1. The highest BCUT2D eigenvalue weighted by atomic mass is 15.2. The number of rotatable bonds is 2. The highest BCUT2D eigenvalue weighted by molar-refractivity contribution is 5.86. The summed E-state index contributed by atoms with van der Waals surface area (Å²) < 4.78 is 0. The number of anilines is 1. The van der Waals surface area contributed by atoms with Gasteiger partial charge in [0.2, 0.25) is 0 Å². The minimum Gasteiger partial charge on any atom is -0.398 e. The van der Waals surface area contributed by atoms with Crippen molar-refractivity contribution in [2.75, 3.05) is 12.3 Å². The van der Waals surface area contributed by atoms with Crippen molar-refractivity contribution >= 4 is 16.5 Å². The standard InChI is InChI=1S/C18H24N2/c1-13-6-5-9-20(14(13)2)12-17-10-15-7-3-4-8-16(15)11-18(17)19/h3-4,7-8,10-11,13-14H,5-6,9,12,19H2,1-2H3. The van der Waals surface area contributed by atoms with Crippen LogP contribution in [-0.4, -0.2) is 17.5 Å². The summed E-state index contributed by atoms with van der Waals surface area (Å²) in [6.45, 7) is 6.88. The summed E-state index contributed by atoms with van der Waals surface area (Å²) in [5, 5.41) is 2.52. The van der Waals surface area contributed by atoms with E-state index in [9.17, 15) is 0 Å². The van der Waals surface area contributed by atoms with Crippen molar-refractivity contribution in [3.63, 3.8) is 0 Å². The average Bonchev–Trinajstić information content (AvgIpc) is 2.44. The summed E-state index contributed by atoms with van der Waals surface area (Å²) in [6, 6.07) is 13.5. The first-order valence-electron chi connectivity index (χ1n) is 7.66. The number of fused-ring (bicyclic) bond motifs is 1. The Hall–Kier alpha value is -1.54. The van der Waals surface area contributed by atoms with E-state index < -0.39 is 0 Å². The first-order valence-corrected chi connectivity index (χ1v) is 7.66. The molecule has 2 atom stereocenters. The number of likely N-dealkylation sites (tertiary alicyclic amines) is 1. The molecule has 106 valence electrons. The number of hydrogen-bond donors (Lipinski definition) is 1. The van der Waals surface area contributed by atoms with Crippen LogP contribution < -0.4 is 5.73 Å². The molecule has 0 amide bonds. The molecule has 0 saturated carbocycles. The Morgan fingerprint density at radius 3 is 2.60 bits per heavy atom. The van der Waals surface area contributed by atoms with Crippen molar-refractivity contribution in [2.24, 2.45) is 5.92 Å². The van der Waals surface area contributed by atoms with Crippen LogP contribution in [0.2, 0.25) is 0 Å². The molecule has 1 aliphatic heterocycles. The van der Waals surface area contributed by atoms with Gasteiger partial charge in [-0.2, -0.15) is 0 Å². The predicted molar refractivity (Wildman–Crippen MR) is 86.6 cm³/mol. The predicted octanol–water partition coefficient (Wildman–Crippen LogP) is 4.04. The van der Waals surface area contributed by atoms with E-state index in [0.717, 1.165) is 18.2 Å². The molecule has 1 heterocycles. The van der Waals surface area contributed by atoms with Gasteiger partial charge in [0, 0.05) is 18.3 Å². The van der Waals surface area contributed by atoms with Gasteiger partial charge in [-0.15, -0.1) is 0 Å². The Morgan fingerprint density at radius 2 is 1.85 bits per heavy atom. The Balaban J connectivity index is 1.88. The summed E-state index contributed by atoms with van der Waals surface area (Å²) in [7, 11) is 0. The van der Waals surface area contributed by atoms with E-state index in [2.05, 4.69) is 55.1 Å². The Morgan fingerprint density at radius 1 is 1.15 bits per heavy atom. The molecule has 2 unspecified atom stereocenters. The summed E-state index contributed by atoms with van der Waals surface area (Å²) in [5.74, 6) is 0.783. The molecule has 0 aliphatic carbocycles. The highest BCUT2D eigenvalue weighted by Gasteiger charge is 2.24. The molecule has 0 bridgehead atoms. The lowest BCUT2D eigenvalue weighted by molar-refractivity contribution is 0.107. The molecule has 2 nitrogen and oxygen atoms in total. The normalized spacial score (nSPS) is 24.1. The third-order valence-corrected chi connectivity index (χ3v) is 4.89. The largest absolute Gasteiger partial charge is 0.398 e. The number of nitrogen functional groups attached to an aromatic ring is 1. The van der Waals surface area contributed by atoms with Gasteiger partial charge >= 0.3 is 0 Å². The van der Waals surface area contributed by atoms with E-state index in [1.54, 1.807) is 0 Å². The first-order chi connectivity index (χ1) is 9.65. The van der Waals surface area contributed by atoms with Gasteiger partial charge in [-0.1, -0.05) is 31.2 Å². The van der Waals surface area contributed by atoms with Crippen LogP contribution in [0.3, 0.4) is 0 Å². The van der Waals surface area contributed by atoms with Crippen molar-refractivity contribution in [2.45, 2.75) is 39.3 Å². The molecule has 0 aromatic heterocycles. The molecule has 1 saturated heterocycles. The zero-order chi connectivity index (χ0) is 14.1. The van der Waals surface area contributed by atoms with Crippen LogP contribution in [0.25, 0.3) is 10.8 Å². The summed E-state index contributed by atoms with van der Waals surface area (Å²) in [4.78, 5) is 2.58. The lowest BCUT2D eigenvalue weighted by Gasteiger charge is -2.38. The van der Waals surface area contributed by atoms with E-state index in [1.165, 1.54) is 35.7 Å². The van der Waals surface area contributed by atoms with E-state index in [-0.39, 0.29) is 0 Å². The fourth-order valence-corrected chi connectivity index (χ4v) is 3.30. The van der Waals surface area contributed by atoms with Gasteiger partial charge in [-0.05, 0) is 60.7 Å². The zero-order valence-corrected chi connectivity index (χ0v) is 12.5.